The molecule has 1 fully saturated rings. The highest BCUT2D eigenvalue weighted by atomic mass is 32.2. The van der Waals surface area contributed by atoms with Gasteiger partial charge in [0.2, 0.25) is 11.1 Å². The number of hydrogen-bond acceptors (Lipinski definition) is 9. The Bertz CT molecular complexity index is 1170. The van der Waals surface area contributed by atoms with Crippen molar-refractivity contribution in [1.82, 2.24) is 35.7 Å². The maximum atomic E-state index is 12.9. The van der Waals surface area contributed by atoms with Crippen LogP contribution in [0.2, 0.25) is 0 Å². The molecular formula is C19H20N8O5S2. The lowest BCUT2D eigenvalue weighted by atomic mass is 10.0. The van der Waals surface area contributed by atoms with E-state index >= 15 is 0 Å². The lowest BCUT2D eigenvalue weighted by Gasteiger charge is -2.49. The number of urea groups is 1. The Labute approximate surface area is 201 Å². The Hall–Kier alpha value is -3.59. The van der Waals surface area contributed by atoms with Crippen LogP contribution in [0.4, 0.5) is 4.79 Å². The van der Waals surface area contributed by atoms with Crippen LogP contribution in [0.25, 0.3) is 0 Å². The molecule has 1 aromatic heterocycles. The lowest BCUT2D eigenvalue weighted by Crippen LogP contribution is -2.71. The summed E-state index contributed by atoms with van der Waals surface area (Å²) in [4.78, 5) is 50.5. The molecule has 0 radical (unpaired) electrons. The summed E-state index contributed by atoms with van der Waals surface area (Å²) in [6.07, 6.45) is 0. The number of hydrogen-bond donors (Lipinski definition) is 4. The smallest absolute Gasteiger partial charge is 0.352 e. The van der Waals surface area contributed by atoms with Crippen molar-refractivity contribution in [3.8, 4) is 0 Å². The Morgan fingerprint density at radius 1 is 1.32 bits per heavy atom. The fourth-order valence-corrected chi connectivity index (χ4v) is 5.95. The summed E-state index contributed by atoms with van der Waals surface area (Å²) >= 11 is 2.61. The monoisotopic (exact) mass is 504 g/mol. The van der Waals surface area contributed by atoms with Crippen LogP contribution in [0, 0.1) is 0 Å². The zero-order chi connectivity index (χ0) is 24.4. The third-order valence-electron chi connectivity index (χ3n) is 5.19. The molecule has 2 unspecified atom stereocenters. The number of amides is 4. The van der Waals surface area contributed by atoms with Crippen LogP contribution in [0.15, 0.2) is 46.8 Å². The molecule has 2 aliphatic rings. The Balaban J connectivity index is 1.49. The van der Waals surface area contributed by atoms with Gasteiger partial charge >= 0.3 is 12.0 Å². The van der Waals surface area contributed by atoms with Gasteiger partial charge in [-0.05, 0) is 21.6 Å². The standard InChI is InChI=1S/C19H20N8O5S2/c1-26-19(23-24-25-26)34-8-10-7-33-16-12(15(29)27(16)13(10)17(30)31)21-14(28)11(22-18(20)32)9-5-3-2-4-6-9/h2-6,11-12,16H,7-8H2,1H3,(H,21,28)(H,30,31)(H3,20,22,32)/t11?,12?,16-/m1/s1. The molecule has 3 heterocycles. The zero-order valence-electron chi connectivity index (χ0n) is 17.7. The number of aromatic nitrogens is 4. The Kier molecular flexibility index (Phi) is 6.74. The summed E-state index contributed by atoms with van der Waals surface area (Å²) < 4.78 is 1.47. The van der Waals surface area contributed by atoms with Crippen LogP contribution in [-0.2, 0) is 21.4 Å². The van der Waals surface area contributed by atoms with Crippen molar-refractivity contribution in [3.05, 3.63) is 47.2 Å². The van der Waals surface area contributed by atoms with Gasteiger partial charge in [0.25, 0.3) is 5.91 Å². The van der Waals surface area contributed by atoms with Crippen LogP contribution in [0.3, 0.4) is 0 Å². The summed E-state index contributed by atoms with van der Waals surface area (Å²) in [6, 6.07) is 5.51. The number of carboxylic acid groups (broad SMARTS) is 1. The van der Waals surface area contributed by atoms with Crippen LogP contribution >= 0.6 is 23.5 Å². The normalized spacial score (nSPS) is 20.3. The number of rotatable bonds is 8. The molecule has 3 atom stereocenters. The van der Waals surface area contributed by atoms with E-state index in [1.165, 1.54) is 33.1 Å². The second kappa shape index (κ2) is 9.72. The minimum Gasteiger partial charge on any atom is -0.477 e. The third kappa shape index (κ3) is 4.56. The molecule has 1 aromatic carbocycles. The van der Waals surface area contributed by atoms with Crippen molar-refractivity contribution >= 4 is 47.3 Å². The number of carboxylic acids is 1. The number of benzene rings is 1. The second-order valence-corrected chi connectivity index (χ2v) is 9.43. The predicted octanol–water partition coefficient (Wildman–Crippen LogP) is -0.550. The van der Waals surface area contributed by atoms with Gasteiger partial charge in [0.15, 0.2) is 0 Å². The third-order valence-corrected chi connectivity index (χ3v) is 7.62. The van der Waals surface area contributed by atoms with E-state index in [1.807, 2.05) is 0 Å². The van der Waals surface area contributed by atoms with E-state index < -0.39 is 41.3 Å². The highest BCUT2D eigenvalue weighted by Gasteiger charge is 2.54. The number of fused-ring (bicyclic) bond motifs is 1. The molecule has 0 saturated carbocycles. The number of nitrogens with zero attached hydrogens (tertiary/aromatic N) is 5. The molecule has 2 aliphatic heterocycles. The number of nitrogens with one attached hydrogen (secondary N) is 2. The number of carbonyl (C=O) groups excluding carboxylic acids is 3. The van der Waals surface area contributed by atoms with Crippen molar-refractivity contribution in [2.24, 2.45) is 12.8 Å². The van der Waals surface area contributed by atoms with Crippen molar-refractivity contribution < 1.29 is 24.3 Å². The summed E-state index contributed by atoms with van der Waals surface area (Å²) in [7, 11) is 1.67. The van der Waals surface area contributed by atoms with Gasteiger partial charge < -0.3 is 21.5 Å². The molecule has 15 heteroatoms. The van der Waals surface area contributed by atoms with E-state index in [0.29, 0.717) is 22.0 Å². The first-order valence-electron chi connectivity index (χ1n) is 9.94. The number of tetrazole rings is 1. The molecule has 4 amide bonds. The average molecular weight is 505 g/mol. The highest BCUT2D eigenvalue weighted by Crippen LogP contribution is 2.41. The molecule has 1 saturated heterocycles. The van der Waals surface area contributed by atoms with E-state index in [9.17, 15) is 24.3 Å². The molecule has 4 rings (SSSR count). The van der Waals surface area contributed by atoms with Gasteiger partial charge in [0.1, 0.15) is 23.2 Å². The molecule has 34 heavy (non-hydrogen) atoms. The van der Waals surface area contributed by atoms with E-state index in [-0.39, 0.29) is 11.4 Å². The van der Waals surface area contributed by atoms with Crippen molar-refractivity contribution in [1.29, 1.82) is 0 Å². The topological polar surface area (TPSA) is 185 Å². The minimum absolute atomic E-state index is 0.100. The Morgan fingerprint density at radius 3 is 2.68 bits per heavy atom. The van der Waals surface area contributed by atoms with Crippen molar-refractivity contribution in [2.45, 2.75) is 22.6 Å². The zero-order valence-corrected chi connectivity index (χ0v) is 19.4. The molecule has 13 nitrogen and oxygen atoms in total. The van der Waals surface area contributed by atoms with E-state index in [2.05, 4.69) is 26.2 Å². The lowest BCUT2D eigenvalue weighted by molar-refractivity contribution is -0.150. The summed E-state index contributed by atoms with van der Waals surface area (Å²) in [6.45, 7) is 0. The second-order valence-electron chi connectivity index (χ2n) is 7.38. The molecular weight excluding hydrogens is 484 g/mol. The number of thioether (sulfide) groups is 2. The van der Waals surface area contributed by atoms with Crippen LogP contribution in [-0.4, -0.2) is 76.9 Å². The summed E-state index contributed by atoms with van der Waals surface area (Å²) in [5.74, 6) is -1.76. The van der Waals surface area contributed by atoms with Crippen LogP contribution in [0.5, 0.6) is 0 Å². The summed E-state index contributed by atoms with van der Waals surface area (Å²) in [5, 5.41) is 25.9. The minimum atomic E-state index is -1.23. The first kappa shape index (κ1) is 23.6. The number of β-lactam (4-membered cyclic amide) rings is 1. The number of aliphatic carboxylic acids is 1. The maximum Gasteiger partial charge on any atom is 0.352 e. The van der Waals surface area contributed by atoms with Crippen molar-refractivity contribution in [3.63, 3.8) is 0 Å². The maximum absolute atomic E-state index is 12.9. The molecule has 0 bridgehead atoms. The number of carbonyl (C=O) groups is 4. The van der Waals surface area contributed by atoms with Gasteiger partial charge in [-0.15, -0.1) is 16.9 Å². The van der Waals surface area contributed by atoms with Gasteiger partial charge in [-0.1, -0.05) is 42.1 Å². The molecule has 0 aliphatic carbocycles. The average Bonchev–Trinajstić information content (AvgIpc) is 3.23. The molecule has 5 N–H and O–H groups in total. The van der Waals surface area contributed by atoms with Gasteiger partial charge in [-0.25, -0.2) is 14.3 Å². The highest BCUT2D eigenvalue weighted by molar-refractivity contribution is 8.01. The first-order chi connectivity index (χ1) is 16.3. The molecule has 178 valence electrons. The first-order valence-corrected chi connectivity index (χ1v) is 12.0. The van der Waals surface area contributed by atoms with Crippen LogP contribution in [0.1, 0.15) is 11.6 Å². The van der Waals surface area contributed by atoms with Gasteiger partial charge in [0, 0.05) is 18.6 Å². The summed E-state index contributed by atoms with van der Waals surface area (Å²) in [5.41, 5.74) is 6.16. The number of primary amides is 1. The molecule has 2 aromatic rings. The van der Waals surface area contributed by atoms with Gasteiger partial charge in [-0.3, -0.25) is 14.5 Å². The number of nitrogens with two attached hydrogens (primary N) is 1. The largest absolute Gasteiger partial charge is 0.477 e. The van der Waals surface area contributed by atoms with Gasteiger partial charge in [-0.2, -0.15) is 0 Å². The number of aryl methyl sites for hydroxylation is 1. The van der Waals surface area contributed by atoms with E-state index in [1.54, 1.807) is 37.4 Å². The van der Waals surface area contributed by atoms with Crippen LogP contribution < -0.4 is 16.4 Å². The fourth-order valence-electron chi connectivity index (χ4n) is 3.61. The van der Waals surface area contributed by atoms with Gasteiger partial charge in [0.05, 0.1) is 0 Å². The van der Waals surface area contributed by atoms with E-state index in [0.717, 1.165) is 0 Å². The SMILES string of the molecule is Cn1nnnc1SCC1=C(C(=O)O)N2C(=O)C(NC(=O)C(NC(N)=O)c3ccccc3)[C@H]2SC1. The Morgan fingerprint density at radius 2 is 2.06 bits per heavy atom. The fraction of sp³-hybridized carbons (Fsp3) is 0.316. The van der Waals surface area contributed by atoms with Crippen molar-refractivity contribution in [2.75, 3.05) is 11.5 Å². The molecule has 0 spiro atoms. The quantitative estimate of drug-likeness (QED) is 0.268. The predicted molar refractivity (Wildman–Crippen MR) is 121 cm³/mol. The van der Waals surface area contributed by atoms with E-state index in [4.69, 9.17) is 5.73 Å².